The summed E-state index contributed by atoms with van der Waals surface area (Å²) in [7, 11) is 1.57. The van der Waals surface area contributed by atoms with Gasteiger partial charge in [-0.1, -0.05) is 18.2 Å². The van der Waals surface area contributed by atoms with Gasteiger partial charge in [0.2, 0.25) is 5.91 Å². The monoisotopic (exact) mass is 291 g/mol. The van der Waals surface area contributed by atoms with Crippen molar-refractivity contribution in [3.8, 4) is 0 Å². The minimum absolute atomic E-state index is 0.106. The summed E-state index contributed by atoms with van der Waals surface area (Å²) in [5.74, 6) is -0.336. The smallest absolute Gasteiger partial charge is 0.263 e. The van der Waals surface area contributed by atoms with E-state index < -0.39 is 0 Å². The largest absolute Gasteiger partial charge is 0.397 e. The molecule has 2 rings (SSSR count). The van der Waals surface area contributed by atoms with Crippen LogP contribution < -0.4 is 16.4 Å². The lowest BCUT2D eigenvalue weighted by Crippen LogP contribution is -2.29. The Hall–Kier alpha value is -2.08. The topological polar surface area (TPSA) is 84.2 Å². The molecule has 0 bridgehead atoms. The molecule has 0 aliphatic carbocycles. The van der Waals surface area contributed by atoms with Crippen LogP contribution in [0.2, 0.25) is 0 Å². The van der Waals surface area contributed by atoms with Gasteiger partial charge in [0, 0.05) is 30.1 Å². The molecule has 2 amide bonds. The Bertz CT molecular complexity index is 664. The number of hydrogen-bond donors (Lipinski definition) is 3. The van der Waals surface area contributed by atoms with E-state index >= 15 is 0 Å². The number of amides is 2. The summed E-state index contributed by atoms with van der Waals surface area (Å²) in [4.78, 5) is 23.7. The molecular weight excluding hydrogens is 274 g/mol. The van der Waals surface area contributed by atoms with Crippen molar-refractivity contribution in [3.05, 3.63) is 28.6 Å². The molecule has 0 saturated carbocycles. The molecule has 106 valence electrons. The van der Waals surface area contributed by atoms with Gasteiger partial charge in [-0.15, -0.1) is 11.3 Å². The average Bonchev–Trinajstić information content (AvgIpc) is 2.78. The van der Waals surface area contributed by atoms with Crippen LogP contribution in [-0.4, -0.2) is 25.4 Å². The third kappa shape index (κ3) is 2.75. The standard InChI is InChI=1S/C14H17N3O2S/c1-8-4-3-5-9-11(15)13(20-12(8)9)14(19)17-7-6-10(18)16-2/h3-5H,6-7,15H2,1-2H3,(H,16,18)(H,17,19). The maximum absolute atomic E-state index is 12.1. The number of carbonyl (C=O) groups is 2. The molecule has 6 heteroatoms. The molecule has 0 fully saturated rings. The van der Waals surface area contributed by atoms with Gasteiger partial charge >= 0.3 is 0 Å². The second-order valence-electron chi connectivity index (χ2n) is 4.48. The van der Waals surface area contributed by atoms with Gasteiger partial charge in [-0.25, -0.2) is 0 Å². The van der Waals surface area contributed by atoms with Gasteiger partial charge in [0.1, 0.15) is 4.88 Å². The van der Waals surface area contributed by atoms with Crippen LogP contribution in [0.5, 0.6) is 0 Å². The Morgan fingerprint density at radius 2 is 2.10 bits per heavy atom. The molecule has 4 N–H and O–H groups in total. The summed E-state index contributed by atoms with van der Waals surface area (Å²) in [5, 5.41) is 6.13. The molecule has 20 heavy (non-hydrogen) atoms. The zero-order chi connectivity index (χ0) is 14.7. The molecule has 0 atom stereocenters. The SMILES string of the molecule is CNC(=O)CCNC(=O)c1sc2c(C)cccc2c1N. The van der Waals surface area contributed by atoms with Crippen molar-refractivity contribution in [3.63, 3.8) is 0 Å². The molecule has 5 nitrogen and oxygen atoms in total. The molecule has 2 aromatic rings. The summed E-state index contributed by atoms with van der Waals surface area (Å²) in [6, 6.07) is 5.83. The highest BCUT2D eigenvalue weighted by Gasteiger charge is 2.16. The molecule has 0 unspecified atom stereocenters. The van der Waals surface area contributed by atoms with Gasteiger partial charge in [0.05, 0.1) is 5.69 Å². The summed E-state index contributed by atoms with van der Waals surface area (Å²) in [6.45, 7) is 2.29. The number of anilines is 1. The average molecular weight is 291 g/mol. The third-order valence-electron chi connectivity index (χ3n) is 3.07. The van der Waals surface area contributed by atoms with Crippen LogP contribution in [0.25, 0.3) is 10.1 Å². The van der Waals surface area contributed by atoms with Gasteiger partial charge in [0.25, 0.3) is 5.91 Å². The summed E-state index contributed by atoms with van der Waals surface area (Å²) < 4.78 is 1.03. The maximum atomic E-state index is 12.1. The summed E-state index contributed by atoms with van der Waals surface area (Å²) in [5.41, 5.74) is 7.64. The first-order valence-corrected chi connectivity index (χ1v) is 7.12. The first kappa shape index (κ1) is 14.3. The minimum Gasteiger partial charge on any atom is -0.397 e. The van der Waals surface area contributed by atoms with Gasteiger partial charge in [-0.05, 0) is 12.5 Å². The summed E-state index contributed by atoms with van der Waals surface area (Å²) >= 11 is 1.39. The van der Waals surface area contributed by atoms with Crippen molar-refractivity contribution in [2.75, 3.05) is 19.3 Å². The number of rotatable bonds is 4. The van der Waals surface area contributed by atoms with Crippen molar-refractivity contribution < 1.29 is 9.59 Å². The van der Waals surface area contributed by atoms with E-state index in [9.17, 15) is 9.59 Å². The lowest BCUT2D eigenvalue weighted by molar-refractivity contribution is -0.120. The second-order valence-corrected chi connectivity index (χ2v) is 5.50. The Morgan fingerprint density at radius 1 is 1.35 bits per heavy atom. The Balaban J connectivity index is 2.16. The number of carbonyl (C=O) groups excluding carboxylic acids is 2. The number of fused-ring (bicyclic) bond motifs is 1. The van der Waals surface area contributed by atoms with Crippen molar-refractivity contribution in [2.24, 2.45) is 0 Å². The number of thiophene rings is 1. The first-order valence-electron chi connectivity index (χ1n) is 6.31. The van der Waals surface area contributed by atoms with Crippen LogP contribution >= 0.6 is 11.3 Å². The van der Waals surface area contributed by atoms with E-state index in [2.05, 4.69) is 10.6 Å². The minimum atomic E-state index is -0.230. The van der Waals surface area contributed by atoms with Crippen molar-refractivity contribution in [2.45, 2.75) is 13.3 Å². The maximum Gasteiger partial charge on any atom is 0.263 e. The van der Waals surface area contributed by atoms with Crippen LogP contribution in [0, 0.1) is 6.92 Å². The van der Waals surface area contributed by atoms with Crippen LogP contribution in [-0.2, 0) is 4.79 Å². The Kier molecular flexibility index (Phi) is 4.24. The lowest BCUT2D eigenvalue weighted by Gasteiger charge is -2.03. The molecule has 1 aromatic carbocycles. The zero-order valence-electron chi connectivity index (χ0n) is 11.4. The van der Waals surface area contributed by atoms with E-state index in [4.69, 9.17) is 5.73 Å². The Labute approximate surface area is 121 Å². The molecule has 0 aliphatic rings. The highest BCUT2D eigenvalue weighted by Crippen LogP contribution is 2.35. The van der Waals surface area contributed by atoms with Crippen LogP contribution in [0.3, 0.4) is 0 Å². The highest BCUT2D eigenvalue weighted by atomic mass is 32.1. The molecule has 0 aliphatic heterocycles. The molecule has 1 heterocycles. The van der Waals surface area contributed by atoms with E-state index in [-0.39, 0.29) is 18.2 Å². The van der Waals surface area contributed by atoms with E-state index in [1.54, 1.807) is 7.05 Å². The van der Waals surface area contributed by atoms with Crippen molar-refractivity contribution in [1.82, 2.24) is 10.6 Å². The van der Waals surface area contributed by atoms with Gasteiger partial charge < -0.3 is 16.4 Å². The number of hydrogen-bond acceptors (Lipinski definition) is 4. The molecule has 0 spiro atoms. The van der Waals surface area contributed by atoms with Crippen LogP contribution in [0.4, 0.5) is 5.69 Å². The normalized spacial score (nSPS) is 10.5. The van der Waals surface area contributed by atoms with Crippen molar-refractivity contribution in [1.29, 1.82) is 0 Å². The Morgan fingerprint density at radius 3 is 2.75 bits per heavy atom. The van der Waals surface area contributed by atoms with E-state index in [1.165, 1.54) is 11.3 Å². The van der Waals surface area contributed by atoms with E-state index in [0.717, 1.165) is 15.6 Å². The molecule has 0 saturated heterocycles. The van der Waals surface area contributed by atoms with Gasteiger partial charge in [0.15, 0.2) is 0 Å². The fraction of sp³-hybridized carbons (Fsp3) is 0.286. The van der Waals surface area contributed by atoms with Gasteiger partial charge in [-0.2, -0.15) is 0 Å². The lowest BCUT2D eigenvalue weighted by atomic mass is 10.1. The predicted octanol–water partition coefficient (Wildman–Crippen LogP) is 1.66. The first-order chi connectivity index (χ1) is 9.54. The predicted molar refractivity (Wildman–Crippen MR) is 82.0 cm³/mol. The molecule has 0 radical (unpaired) electrons. The van der Waals surface area contributed by atoms with E-state index in [1.807, 2.05) is 25.1 Å². The fourth-order valence-electron chi connectivity index (χ4n) is 1.94. The second kappa shape index (κ2) is 5.92. The molecule has 1 aromatic heterocycles. The van der Waals surface area contributed by atoms with Gasteiger partial charge in [-0.3, -0.25) is 9.59 Å². The number of benzene rings is 1. The number of nitrogen functional groups attached to an aromatic ring is 1. The number of aryl methyl sites for hydroxylation is 1. The summed E-state index contributed by atoms with van der Waals surface area (Å²) in [6.07, 6.45) is 0.256. The van der Waals surface area contributed by atoms with Crippen LogP contribution in [0.15, 0.2) is 18.2 Å². The van der Waals surface area contributed by atoms with E-state index in [0.29, 0.717) is 17.1 Å². The zero-order valence-corrected chi connectivity index (χ0v) is 12.3. The quantitative estimate of drug-likeness (QED) is 0.801. The fourth-order valence-corrected chi connectivity index (χ4v) is 3.05. The van der Waals surface area contributed by atoms with Crippen molar-refractivity contribution >= 4 is 38.9 Å². The number of nitrogens with two attached hydrogens (primary N) is 1. The highest BCUT2D eigenvalue weighted by molar-refractivity contribution is 7.21. The third-order valence-corrected chi connectivity index (χ3v) is 4.43. The number of nitrogens with one attached hydrogen (secondary N) is 2. The van der Waals surface area contributed by atoms with Crippen LogP contribution in [0.1, 0.15) is 21.7 Å². The molecular formula is C14H17N3O2S.